The average Bonchev–Trinajstić information content (AvgIpc) is 2.41. The zero-order valence-electron chi connectivity index (χ0n) is 11.3. The number of alkyl halides is 1. The van der Waals surface area contributed by atoms with E-state index in [1.54, 1.807) is 5.57 Å². The van der Waals surface area contributed by atoms with Crippen molar-refractivity contribution in [1.82, 2.24) is 0 Å². The molecule has 1 nitrogen and oxygen atoms in total. The first-order valence-corrected chi connectivity index (χ1v) is 7.55. The van der Waals surface area contributed by atoms with Crippen LogP contribution in [-0.2, 0) is 4.79 Å². The van der Waals surface area contributed by atoms with Crippen LogP contribution in [-0.4, -0.2) is 12.5 Å². The fraction of sp³-hybridized carbons (Fsp3) is 0.812. The average molecular weight is 252 g/mol. The fourth-order valence-electron chi connectivity index (χ4n) is 3.50. The molecule has 2 fully saturated rings. The Balaban J connectivity index is 1.73. The Bertz CT molecular complexity index is 288. The number of hydrogen-bond acceptors (Lipinski definition) is 1. The van der Waals surface area contributed by atoms with Gasteiger partial charge in [0.1, 0.15) is 5.78 Å². The zero-order chi connectivity index (χ0) is 12.8. The highest BCUT2D eigenvalue weighted by Crippen LogP contribution is 2.39. The number of carbonyl (C=O) groups is 1. The zero-order valence-corrected chi connectivity index (χ0v) is 11.3. The number of Topliss-reactive ketones (excluding diaryl/α,β-unsaturated/α-hetero) is 1. The lowest BCUT2D eigenvalue weighted by Gasteiger charge is -2.33. The molecule has 0 N–H and O–H groups in total. The predicted molar refractivity (Wildman–Crippen MR) is 72.2 cm³/mol. The molecule has 2 aliphatic rings. The molecule has 0 aromatic heterocycles. The fourth-order valence-corrected chi connectivity index (χ4v) is 3.50. The Labute approximate surface area is 110 Å². The van der Waals surface area contributed by atoms with Crippen molar-refractivity contribution in [3.05, 3.63) is 11.6 Å². The van der Waals surface area contributed by atoms with E-state index in [0.29, 0.717) is 12.2 Å². The Hall–Kier alpha value is -0.660. The SMILES string of the molecule is O=C1CCC(C2CCC(=CCCCF)CC2)CC1. The lowest BCUT2D eigenvalue weighted by Crippen LogP contribution is -2.24. The molecular formula is C16H25FO. The van der Waals surface area contributed by atoms with Crippen LogP contribution in [0.4, 0.5) is 4.39 Å². The van der Waals surface area contributed by atoms with Gasteiger partial charge < -0.3 is 0 Å². The maximum atomic E-state index is 12.0. The van der Waals surface area contributed by atoms with E-state index in [-0.39, 0.29) is 6.67 Å². The largest absolute Gasteiger partial charge is 0.300 e. The smallest absolute Gasteiger partial charge is 0.132 e. The van der Waals surface area contributed by atoms with E-state index in [0.717, 1.165) is 43.9 Å². The van der Waals surface area contributed by atoms with Crippen LogP contribution in [0.25, 0.3) is 0 Å². The van der Waals surface area contributed by atoms with Gasteiger partial charge in [0, 0.05) is 12.8 Å². The summed E-state index contributed by atoms with van der Waals surface area (Å²) in [5.74, 6) is 2.11. The van der Waals surface area contributed by atoms with Crippen LogP contribution in [0.3, 0.4) is 0 Å². The standard InChI is InChI=1S/C16H25FO/c17-12-2-1-3-13-4-6-14(7-5-13)15-8-10-16(18)11-9-15/h3,14-15H,1-2,4-12H2. The molecule has 0 saturated heterocycles. The second-order valence-electron chi connectivity index (χ2n) is 5.91. The van der Waals surface area contributed by atoms with Gasteiger partial charge in [-0.2, -0.15) is 0 Å². The van der Waals surface area contributed by atoms with Gasteiger partial charge in [-0.1, -0.05) is 11.6 Å². The van der Waals surface area contributed by atoms with Gasteiger partial charge in [0.05, 0.1) is 6.67 Å². The van der Waals surface area contributed by atoms with Crippen LogP contribution < -0.4 is 0 Å². The van der Waals surface area contributed by atoms with Crippen molar-refractivity contribution < 1.29 is 9.18 Å². The molecule has 2 aliphatic carbocycles. The molecule has 2 heteroatoms. The van der Waals surface area contributed by atoms with Gasteiger partial charge in [-0.25, -0.2) is 0 Å². The van der Waals surface area contributed by atoms with E-state index in [1.165, 1.54) is 25.7 Å². The summed E-state index contributed by atoms with van der Waals surface area (Å²) in [6, 6.07) is 0. The number of halogens is 1. The molecule has 2 saturated carbocycles. The summed E-state index contributed by atoms with van der Waals surface area (Å²) in [4.78, 5) is 11.3. The third-order valence-electron chi connectivity index (χ3n) is 4.70. The monoisotopic (exact) mass is 252 g/mol. The number of allylic oxidation sites excluding steroid dienone is 2. The van der Waals surface area contributed by atoms with Crippen molar-refractivity contribution in [3.63, 3.8) is 0 Å². The van der Waals surface area contributed by atoms with Gasteiger partial charge in [-0.05, 0) is 63.2 Å². The van der Waals surface area contributed by atoms with Gasteiger partial charge >= 0.3 is 0 Å². The number of carbonyl (C=O) groups excluding carboxylic acids is 1. The first kappa shape index (κ1) is 13.8. The van der Waals surface area contributed by atoms with E-state index in [2.05, 4.69) is 6.08 Å². The van der Waals surface area contributed by atoms with Crippen molar-refractivity contribution in [2.24, 2.45) is 11.8 Å². The van der Waals surface area contributed by atoms with Crippen molar-refractivity contribution >= 4 is 5.78 Å². The summed E-state index contributed by atoms with van der Waals surface area (Å²) in [5, 5.41) is 0. The summed E-state index contributed by atoms with van der Waals surface area (Å²) in [6.45, 7) is -0.192. The lowest BCUT2D eigenvalue weighted by molar-refractivity contribution is -0.121. The Morgan fingerprint density at radius 2 is 1.56 bits per heavy atom. The number of ketones is 1. The molecule has 0 aromatic rings. The van der Waals surface area contributed by atoms with Crippen LogP contribution in [0.1, 0.15) is 64.2 Å². The Morgan fingerprint density at radius 1 is 1.00 bits per heavy atom. The molecule has 0 aliphatic heterocycles. The molecule has 0 unspecified atom stereocenters. The molecular weight excluding hydrogens is 227 g/mol. The third kappa shape index (κ3) is 3.93. The first-order chi connectivity index (χ1) is 8.79. The predicted octanol–water partition coefficient (Wildman–Crippen LogP) is 4.61. The van der Waals surface area contributed by atoms with Gasteiger partial charge in [-0.3, -0.25) is 9.18 Å². The van der Waals surface area contributed by atoms with Crippen molar-refractivity contribution in [2.45, 2.75) is 64.2 Å². The van der Waals surface area contributed by atoms with Crippen LogP contribution in [0.5, 0.6) is 0 Å². The highest BCUT2D eigenvalue weighted by molar-refractivity contribution is 5.79. The molecule has 102 valence electrons. The summed E-state index contributed by atoms with van der Waals surface area (Å²) in [5.41, 5.74) is 1.55. The third-order valence-corrected chi connectivity index (χ3v) is 4.70. The molecule has 0 amide bonds. The molecule has 0 aromatic carbocycles. The van der Waals surface area contributed by atoms with Crippen LogP contribution in [0.15, 0.2) is 11.6 Å². The quantitative estimate of drug-likeness (QED) is 0.527. The molecule has 0 radical (unpaired) electrons. The van der Waals surface area contributed by atoms with Crippen LogP contribution >= 0.6 is 0 Å². The maximum Gasteiger partial charge on any atom is 0.132 e. The highest BCUT2D eigenvalue weighted by Gasteiger charge is 2.28. The minimum Gasteiger partial charge on any atom is -0.300 e. The van der Waals surface area contributed by atoms with E-state index >= 15 is 0 Å². The summed E-state index contributed by atoms with van der Waals surface area (Å²) >= 11 is 0. The van der Waals surface area contributed by atoms with Crippen molar-refractivity contribution in [2.75, 3.05) is 6.67 Å². The van der Waals surface area contributed by atoms with Crippen molar-refractivity contribution in [1.29, 1.82) is 0 Å². The van der Waals surface area contributed by atoms with Gasteiger partial charge in [0.15, 0.2) is 0 Å². The summed E-state index contributed by atoms with van der Waals surface area (Å²) in [6.07, 6.45) is 12.8. The molecule has 0 heterocycles. The maximum absolute atomic E-state index is 12.0. The Kier molecular flexibility index (Phi) is 5.40. The number of hydrogen-bond donors (Lipinski definition) is 0. The molecule has 2 rings (SSSR count). The second-order valence-corrected chi connectivity index (χ2v) is 5.91. The van der Waals surface area contributed by atoms with Gasteiger partial charge in [0.25, 0.3) is 0 Å². The van der Waals surface area contributed by atoms with E-state index in [4.69, 9.17) is 0 Å². The van der Waals surface area contributed by atoms with Crippen LogP contribution in [0, 0.1) is 11.8 Å². The van der Waals surface area contributed by atoms with E-state index in [9.17, 15) is 9.18 Å². The topological polar surface area (TPSA) is 17.1 Å². The first-order valence-electron chi connectivity index (χ1n) is 7.55. The number of unbranched alkanes of at least 4 members (excludes halogenated alkanes) is 1. The normalized spacial score (nSPS) is 26.4. The summed E-state index contributed by atoms with van der Waals surface area (Å²) < 4.78 is 12.0. The second kappa shape index (κ2) is 7.06. The number of rotatable bonds is 4. The van der Waals surface area contributed by atoms with E-state index in [1.807, 2.05) is 0 Å². The van der Waals surface area contributed by atoms with Gasteiger partial charge in [-0.15, -0.1) is 0 Å². The van der Waals surface area contributed by atoms with E-state index < -0.39 is 0 Å². The Morgan fingerprint density at radius 3 is 2.11 bits per heavy atom. The minimum absolute atomic E-state index is 0.192. The minimum atomic E-state index is -0.192. The van der Waals surface area contributed by atoms with Crippen molar-refractivity contribution in [3.8, 4) is 0 Å². The lowest BCUT2D eigenvalue weighted by atomic mass is 9.72. The highest BCUT2D eigenvalue weighted by atomic mass is 19.1. The molecule has 0 bridgehead atoms. The van der Waals surface area contributed by atoms with Crippen LogP contribution in [0.2, 0.25) is 0 Å². The van der Waals surface area contributed by atoms with Gasteiger partial charge in [0.2, 0.25) is 0 Å². The molecule has 0 spiro atoms. The molecule has 0 atom stereocenters. The summed E-state index contributed by atoms with van der Waals surface area (Å²) in [7, 11) is 0. The molecule has 18 heavy (non-hydrogen) atoms.